The molecule has 2 heterocycles. The maximum atomic E-state index is 13.3. The summed E-state index contributed by atoms with van der Waals surface area (Å²) in [5.41, 5.74) is 4.42. The molecule has 3 aromatic carbocycles. The first-order chi connectivity index (χ1) is 15.0. The molecule has 0 bridgehead atoms. The number of hydrogen-bond acceptors (Lipinski definition) is 3. The third-order valence-electron chi connectivity index (χ3n) is 5.47. The van der Waals surface area contributed by atoms with Gasteiger partial charge in [-0.1, -0.05) is 30.3 Å². The Labute approximate surface area is 178 Å². The van der Waals surface area contributed by atoms with Crippen molar-refractivity contribution in [2.24, 2.45) is 0 Å². The van der Waals surface area contributed by atoms with E-state index in [1.54, 1.807) is 23.0 Å². The van der Waals surface area contributed by atoms with E-state index in [2.05, 4.69) is 5.10 Å². The molecule has 31 heavy (non-hydrogen) atoms. The van der Waals surface area contributed by atoms with Gasteiger partial charge in [-0.05, 0) is 60.0 Å². The van der Waals surface area contributed by atoms with E-state index in [-0.39, 0.29) is 24.2 Å². The summed E-state index contributed by atoms with van der Waals surface area (Å²) in [6.07, 6.45) is 3.11. The third-order valence-corrected chi connectivity index (χ3v) is 5.47. The number of amides is 2. The Kier molecular flexibility index (Phi) is 4.47. The molecule has 0 saturated carbocycles. The van der Waals surface area contributed by atoms with E-state index in [4.69, 9.17) is 0 Å². The number of aromatic nitrogens is 2. The molecule has 5 nitrogen and oxygen atoms in total. The van der Waals surface area contributed by atoms with Crippen molar-refractivity contribution in [2.45, 2.75) is 13.5 Å². The van der Waals surface area contributed by atoms with Crippen LogP contribution in [0.25, 0.3) is 22.2 Å². The maximum absolute atomic E-state index is 13.3. The second kappa shape index (κ2) is 7.32. The second-order valence-corrected chi connectivity index (χ2v) is 7.53. The number of aryl methyl sites for hydroxylation is 1. The highest BCUT2D eigenvalue weighted by Crippen LogP contribution is 2.31. The molecule has 6 heteroatoms. The minimum Gasteiger partial charge on any atom is -0.270 e. The fourth-order valence-corrected chi connectivity index (χ4v) is 3.87. The average Bonchev–Trinajstić information content (AvgIpc) is 3.30. The lowest BCUT2D eigenvalue weighted by Crippen LogP contribution is -2.30. The fraction of sp³-hybridized carbons (Fsp3) is 0.0800. The lowest BCUT2D eigenvalue weighted by Gasteiger charge is -2.15. The molecule has 0 aliphatic carbocycles. The van der Waals surface area contributed by atoms with Crippen LogP contribution >= 0.6 is 0 Å². The fourth-order valence-electron chi connectivity index (χ4n) is 3.87. The molecular formula is C25H18FN3O2. The summed E-state index contributed by atoms with van der Waals surface area (Å²) in [4.78, 5) is 26.9. The summed E-state index contributed by atoms with van der Waals surface area (Å²) < 4.78 is 15.0. The normalized spacial score (nSPS) is 13.9. The van der Waals surface area contributed by atoms with E-state index >= 15 is 0 Å². The lowest BCUT2D eigenvalue weighted by atomic mass is 9.98. The Hall–Kier alpha value is -4.06. The number of rotatable bonds is 4. The Morgan fingerprint density at radius 1 is 0.968 bits per heavy atom. The van der Waals surface area contributed by atoms with Gasteiger partial charge in [0.15, 0.2) is 0 Å². The van der Waals surface area contributed by atoms with Crippen LogP contribution in [-0.2, 0) is 16.1 Å². The van der Waals surface area contributed by atoms with Gasteiger partial charge >= 0.3 is 0 Å². The molecule has 0 saturated heterocycles. The monoisotopic (exact) mass is 411 g/mol. The summed E-state index contributed by atoms with van der Waals surface area (Å²) in [5.74, 6) is -0.928. The Morgan fingerprint density at radius 2 is 1.71 bits per heavy atom. The van der Waals surface area contributed by atoms with E-state index in [9.17, 15) is 14.0 Å². The van der Waals surface area contributed by atoms with Crippen molar-refractivity contribution in [1.82, 2.24) is 14.7 Å². The topological polar surface area (TPSA) is 55.2 Å². The number of carbonyl (C=O) groups excluding carboxylic acids is 2. The minimum absolute atomic E-state index is 0.238. The van der Waals surface area contributed by atoms with Crippen molar-refractivity contribution in [1.29, 1.82) is 0 Å². The van der Waals surface area contributed by atoms with Gasteiger partial charge in [0.05, 0.1) is 29.5 Å². The van der Waals surface area contributed by atoms with Gasteiger partial charge in [0.1, 0.15) is 5.82 Å². The number of fused-ring (bicyclic) bond motifs is 1. The highest BCUT2D eigenvalue weighted by molar-refractivity contribution is 6.33. The second-order valence-electron chi connectivity index (χ2n) is 7.53. The van der Waals surface area contributed by atoms with Gasteiger partial charge < -0.3 is 0 Å². The van der Waals surface area contributed by atoms with Crippen molar-refractivity contribution in [2.75, 3.05) is 0 Å². The van der Waals surface area contributed by atoms with E-state index in [1.165, 1.54) is 23.1 Å². The summed E-state index contributed by atoms with van der Waals surface area (Å²) >= 11 is 0. The van der Waals surface area contributed by atoms with Gasteiger partial charge in [-0.3, -0.25) is 14.5 Å². The van der Waals surface area contributed by atoms with Crippen LogP contribution in [0.5, 0.6) is 0 Å². The van der Waals surface area contributed by atoms with Crippen molar-refractivity contribution in [3.8, 4) is 5.69 Å². The molecule has 0 N–H and O–H groups in total. The third kappa shape index (κ3) is 3.32. The molecular weight excluding hydrogens is 393 g/mol. The van der Waals surface area contributed by atoms with Gasteiger partial charge in [-0.15, -0.1) is 0 Å². The zero-order valence-electron chi connectivity index (χ0n) is 16.7. The number of halogens is 1. The van der Waals surface area contributed by atoms with Gasteiger partial charge in [0.25, 0.3) is 11.8 Å². The highest BCUT2D eigenvalue weighted by Gasteiger charge is 2.32. The SMILES string of the molecule is Cc1cc2c(cnn2-c2ccc(F)cc2)cc1C1=CC(=O)N(Cc2ccccc2)C1=O. The highest BCUT2D eigenvalue weighted by atomic mass is 19.1. The van der Waals surface area contributed by atoms with Gasteiger partial charge in [-0.2, -0.15) is 5.10 Å². The molecule has 4 aromatic rings. The Bertz CT molecular complexity index is 1360. The Balaban J connectivity index is 1.50. The van der Waals surface area contributed by atoms with Gasteiger partial charge in [-0.25, -0.2) is 9.07 Å². The summed E-state index contributed by atoms with van der Waals surface area (Å²) in [5, 5.41) is 5.25. The molecule has 0 fully saturated rings. The predicted molar refractivity (Wildman–Crippen MR) is 116 cm³/mol. The van der Waals surface area contributed by atoms with Crippen molar-refractivity contribution < 1.29 is 14.0 Å². The first-order valence-electron chi connectivity index (χ1n) is 9.87. The summed E-state index contributed by atoms with van der Waals surface area (Å²) in [7, 11) is 0. The molecule has 2 amide bonds. The van der Waals surface area contributed by atoms with E-state index < -0.39 is 0 Å². The number of nitrogens with zero attached hydrogens (tertiary/aromatic N) is 3. The number of hydrogen-bond donors (Lipinski definition) is 0. The molecule has 0 unspecified atom stereocenters. The number of carbonyl (C=O) groups is 2. The summed E-state index contributed by atoms with van der Waals surface area (Å²) in [6.45, 7) is 2.14. The van der Waals surface area contributed by atoms with Crippen LogP contribution in [0.4, 0.5) is 4.39 Å². The molecule has 0 spiro atoms. The van der Waals surface area contributed by atoms with Gasteiger partial charge in [0.2, 0.25) is 0 Å². The maximum Gasteiger partial charge on any atom is 0.261 e. The summed E-state index contributed by atoms with van der Waals surface area (Å²) in [6, 6.07) is 19.3. The lowest BCUT2D eigenvalue weighted by molar-refractivity contribution is -0.137. The van der Waals surface area contributed by atoms with Crippen molar-refractivity contribution in [3.05, 3.63) is 102 Å². The van der Waals surface area contributed by atoms with Crippen LogP contribution in [0.3, 0.4) is 0 Å². The van der Waals surface area contributed by atoms with Crippen LogP contribution in [0, 0.1) is 12.7 Å². The van der Waals surface area contributed by atoms with Crippen molar-refractivity contribution in [3.63, 3.8) is 0 Å². The molecule has 0 radical (unpaired) electrons. The van der Waals surface area contributed by atoms with Crippen LogP contribution < -0.4 is 0 Å². The van der Waals surface area contributed by atoms with Crippen LogP contribution in [0.2, 0.25) is 0 Å². The first-order valence-corrected chi connectivity index (χ1v) is 9.87. The smallest absolute Gasteiger partial charge is 0.261 e. The zero-order valence-corrected chi connectivity index (χ0v) is 16.7. The van der Waals surface area contributed by atoms with E-state index in [1.807, 2.05) is 49.4 Å². The van der Waals surface area contributed by atoms with E-state index in [0.29, 0.717) is 11.1 Å². The molecule has 0 atom stereocenters. The molecule has 1 aromatic heterocycles. The standard InChI is InChI=1S/C25H18FN3O2/c1-16-11-23-18(14-27-29(23)20-9-7-19(26)8-10-20)12-21(16)22-13-24(30)28(25(22)31)15-17-5-3-2-4-6-17/h2-14H,15H2,1H3. The number of benzene rings is 3. The van der Waals surface area contributed by atoms with Gasteiger partial charge in [0, 0.05) is 11.5 Å². The van der Waals surface area contributed by atoms with Crippen LogP contribution in [-0.4, -0.2) is 26.5 Å². The minimum atomic E-state index is -0.314. The molecule has 1 aliphatic rings. The van der Waals surface area contributed by atoms with Crippen LogP contribution in [0.1, 0.15) is 16.7 Å². The quantitative estimate of drug-likeness (QED) is 0.467. The van der Waals surface area contributed by atoms with Crippen LogP contribution in [0.15, 0.2) is 79.0 Å². The molecule has 1 aliphatic heterocycles. The zero-order chi connectivity index (χ0) is 21.5. The molecule has 5 rings (SSSR count). The first kappa shape index (κ1) is 18.9. The number of imide groups is 1. The Morgan fingerprint density at radius 3 is 2.45 bits per heavy atom. The largest absolute Gasteiger partial charge is 0.270 e. The predicted octanol–water partition coefficient (Wildman–Crippen LogP) is 4.43. The molecule has 152 valence electrons. The van der Waals surface area contributed by atoms with E-state index in [0.717, 1.165) is 27.7 Å². The average molecular weight is 411 g/mol. The van der Waals surface area contributed by atoms with Crippen molar-refractivity contribution >= 4 is 28.3 Å².